The number of sulfonamides is 1. The van der Waals surface area contributed by atoms with Gasteiger partial charge in [0.05, 0.1) is 11.0 Å². The normalized spacial score (nSPS) is 22.6. The number of hydrogen-bond acceptors (Lipinski definition) is 4. The lowest BCUT2D eigenvalue weighted by Crippen LogP contribution is -2.33. The molecule has 2 N–H and O–H groups in total. The van der Waals surface area contributed by atoms with Crippen molar-refractivity contribution in [2.24, 2.45) is 0 Å². The number of halogens is 1. The van der Waals surface area contributed by atoms with Gasteiger partial charge in [0.15, 0.2) is 0 Å². The van der Waals surface area contributed by atoms with Crippen LogP contribution in [-0.4, -0.2) is 34.7 Å². The molecule has 1 aliphatic carbocycles. The summed E-state index contributed by atoms with van der Waals surface area (Å²) >= 11 is 3.36. The van der Waals surface area contributed by atoms with Gasteiger partial charge in [0.2, 0.25) is 10.0 Å². The van der Waals surface area contributed by atoms with E-state index in [4.69, 9.17) is 4.74 Å². The molecule has 1 aromatic rings. The van der Waals surface area contributed by atoms with Crippen molar-refractivity contribution >= 4 is 26.0 Å². The van der Waals surface area contributed by atoms with Crippen LogP contribution in [0.25, 0.3) is 0 Å². The second-order valence-electron chi connectivity index (χ2n) is 5.28. The van der Waals surface area contributed by atoms with Gasteiger partial charge in [-0.2, -0.15) is 0 Å². The van der Waals surface area contributed by atoms with Gasteiger partial charge < -0.3 is 10.1 Å². The summed E-state index contributed by atoms with van der Waals surface area (Å²) in [6.07, 6.45) is 2.59. The van der Waals surface area contributed by atoms with Crippen molar-refractivity contribution in [3.63, 3.8) is 0 Å². The summed E-state index contributed by atoms with van der Waals surface area (Å²) in [4.78, 5) is 0.281. The Balaban J connectivity index is 2.12. The van der Waals surface area contributed by atoms with Gasteiger partial charge in [0.25, 0.3) is 0 Å². The number of ether oxygens (including phenoxy) is 1. The predicted molar refractivity (Wildman–Crippen MR) is 85.7 cm³/mol. The first kappa shape index (κ1) is 16.9. The highest BCUT2D eigenvalue weighted by molar-refractivity contribution is 9.10. The zero-order valence-electron chi connectivity index (χ0n) is 12.2. The molecule has 2 atom stereocenters. The number of methoxy groups -OCH3 is 1. The van der Waals surface area contributed by atoms with Gasteiger partial charge >= 0.3 is 0 Å². The fraction of sp³-hybridized carbons (Fsp3) is 0.571. The summed E-state index contributed by atoms with van der Waals surface area (Å²) in [6.45, 7) is 0.699. The highest BCUT2D eigenvalue weighted by atomic mass is 79.9. The lowest BCUT2D eigenvalue weighted by atomic mass is 10.2. The van der Waals surface area contributed by atoms with E-state index in [1.54, 1.807) is 13.2 Å². The van der Waals surface area contributed by atoms with E-state index in [1.807, 2.05) is 19.2 Å². The molecular weight excluding hydrogens is 356 g/mol. The molecule has 0 bridgehead atoms. The molecular formula is C14H21BrN2O3S. The standard InChI is InChI=1S/C14H21BrN2O3S/c1-16-9-10-3-6-14(13(15)7-10)21(18,19)17-11-4-5-12(8-11)20-2/h3,6-7,11-12,16-17H,4-5,8-9H2,1-2H3. The number of rotatable bonds is 6. The molecule has 0 spiro atoms. The zero-order valence-corrected chi connectivity index (χ0v) is 14.6. The quantitative estimate of drug-likeness (QED) is 0.796. The molecule has 5 nitrogen and oxygen atoms in total. The Kier molecular flexibility index (Phi) is 5.79. The average molecular weight is 377 g/mol. The predicted octanol–water partition coefficient (Wildman–Crippen LogP) is 2.01. The van der Waals surface area contributed by atoms with Crippen molar-refractivity contribution in [2.75, 3.05) is 14.2 Å². The smallest absolute Gasteiger partial charge is 0.241 e. The zero-order chi connectivity index (χ0) is 15.5. The van der Waals surface area contributed by atoms with Crippen LogP contribution in [0.5, 0.6) is 0 Å². The number of benzene rings is 1. The van der Waals surface area contributed by atoms with Gasteiger partial charge in [-0.15, -0.1) is 0 Å². The average Bonchev–Trinajstić information content (AvgIpc) is 2.85. The maximum absolute atomic E-state index is 12.5. The van der Waals surface area contributed by atoms with Gasteiger partial charge in [-0.25, -0.2) is 13.1 Å². The summed E-state index contributed by atoms with van der Waals surface area (Å²) in [7, 11) is 0.00834. The largest absolute Gasteiger partial charge is 0.381 e. The summed E-state index contributed by atoms with van der Waals surface area (Å²) in [5.41, 5.74) is 1.03. The van der Waals surface area contributed by atoms with E-state index in [0.717, 1.165) is 24.8 Å². The third-order valence-electron chi connectivity index (χ3n) is 3.71. The van der Waals surface area contributed by atoms with Crippen LogP contribution in [0.1, 0.15) is 24.8 Å². The van der Waals surface area contributed by atoms with Crippen LogP contribution in [0.3, 0.4) is 0 Å². The fourth-order valence-electron chi connectivity index (χ4n) is 2.62. The van der Waals surface area contributed by atoms with Crippen LogP contribution < -0.4 is 10.0 Å². The van der Waals surface area contributed by atoms with Crippen LogP contribution >= 0.6 is 15.9 Å². The Bertz CT molecular complexity index is 592. The van der Waals surface area contributed by atoms with E-state index in [0.29, 0.717) is 11.0 Å². The maximum atomic E-state index is 12.5. The molecule has 0 amide bonds. The molecule has 2 rings (SSSR count). The first-order chi connectivity index (χ1) is 9.96. The molecule has 1 fully saturated rings. The Morgan fingerprint density at radius 3 is 2.71 bits per heavy atom. The molecule has 1 aliphatic rings. The first-order valence-electron chi connectivity index (χ1n) is 6.94. The van der Waals surface area contributed by atoms with Crippen LogP contribution in [-0.2, 0) is 21.3 Å². The van der Waals surface area contributed by atoms with E-state index in [-0.39, 0.29) is 17.0 Å². The van der Waals surface area contributed by atoms with Crippen molar-refractivity contribution in [3.8, 4) is 0 Å². The van der Waals surface area contributed by atoms with E-state index < -0.39 is 10.0 Å². The van der Waals surface area contributed by atoms with Gasteiger partial charge in [-0.3, -0.25) is 0 Å². The minimum Gasteiger partial charge on any atom is -0.381 e. The van der Waals surface area contributed by atoms with Gasteiger partial charge in [-0.05, 0) is 59.9 Å². The van der Waals surface area contributed by atoms with Crippen molar-refractivity contribution in [1.82, 2.24) is 10.0 Å². The molecule has 0 aliphatic heterocycles. The second-order valence-corrected chi connectivity index (χ2v) is 7.82. The van der Waals surface area contributed by atoms with E-state index in [9.17, 15) is 8.42 Å². The number of nitrogens with one attached hydrogen (secondary N) is 2. The van der Waals surface area contributed by atoms with E-state index in [1.165, 1.54) is 0 Å². The molecule has 0 aromatic heterocycles. The Morgan fingerprint density at radius 2 is 2.14 bits per heavy atom. The summed E-state index contributed by atoms with van der Waals surface area (Å²) in [5, 5.41) is 3.04. The van der Waals surface area contributed by atoms with Crippen molar-refractivity contribution in [3.05, 3.63) is 28.2 Å². The molecule has 0 radical (unpaired) electrons. The molecule has 7 heteroatoms. The van der Waals surface area contributed by atoms with Crippen molar-refractivity contribution in [1.29, 1.82) is 0 Å². The van der Waals surface area contributed by atoms with Crippen LogP contribution in [0.2, 0.25) is 0 Å². The SMILES string of the molecule is CNCc1ccc(S(=O)(=O)NC2CCC(OC)C2)c(Br)c1. The fourth-order valence-corrected chi connectivity index (χ4v) is 5.03. The Hall–Kier alpha value is -0.470. The van der Waals surface area contributed by atoms with E-state index in [2.05, 4.69) is 26.0 Å². The van der Waals surface area contributed by atoms with Crippen LogP contribution in [0, 0.1) is 0 Å². The van der Waals surface area contributed by atoms with Gasteiger partial charge in [0.1, 0.15) is 0 Å². The lowest BCUT2D eigenvalue weighted by Gasteiger charge is -2.15. The minimum absolute atomic E-state index is 0.0520. The second kappa shape index (κ2) is 7.19. The maximum Gasteiger partial charge on any atom is 0.241 e. The van der Waals surface area contributed by atoms with Crippen LogP contribution in [0.4, 0.5) is 0 Å². The topological polar surface area (TPSA) is 67.4 Å². The summed E-state index contributed by atoms with van der Waals surface area (Å²) < 4.78 is 33.6. The highest BCUT2D eigenvalue weighted by Gasteiger charge is 2.29. The molecule has 118 valence electrons. The van der Waals surface area contributed by atoms with E-state index >= 15 is 0 Å². The molecule has 0 saturated heterocycles. The summed E-state index contributed by atoms with van der Waals surface area (Å²) in [6, 6.07) is 5.24. The molecule has 21 heavy (non-hydrogen) atoms. The third kappa shape index (κ3) is 4.26. The molecule has 0 heterocycles. The third-order valence-corrected chi connectivity index (χ3v) is 6.20. The Labute approximate surface area is 134 Å². The van der Waals surface area contributed by atoms with Crippen molar-refractivity contribution in [2.45, 2.75) is 42.8 Å². The Morgan fingerprint density at radius 1 is 1.38 bits per heavy atom. The van der Waals surface area contributed by atoms with Gasteiger partial charge in [-0.1, -0.05) is 6.07 Å². The first-order valence-corrected chi connectivity index (χ1v) is 9.22. The minimum atomic E-state index is -3.51. The highest BCUT2D eigenvalue weighted by Crippen LogP contribution is 2.27. The lowest BCUT2D eigenvalue weighted by molar-refractivity contribution is 0.107. The molecule has 2 unspecified atom stereocenters. The number of hydrogen-bond donors (Lipinski definition) is 2. The molecule has 1 saturated carbocycles. The monoisotopic (exact) mass is 376 g/mol. The van der Waals surface area contributed by atoms with Crippen molar-refractivity contribution < 1.29 is 13.2 Å². The van der Waals surface area contributed by atoms with Gasteiger partial charge in [0, 0.05) is 24.2 Å². The van der Waals surface area contributed by atoms with Crippen LogP contribution in [0.15, 0.2) is 27.6 Å². The summed E-state index contributed by atoms with van der Waals surface area (Å²) in [5.74, 6) is 0. The molecule has 1 aromatic carbocycles.